The molecule has 0 bridgehead atoms. The van der Waals surface area contributed by atoms with Crippen LogP contribution in [0.4, 0.5) is 0 Å². The van der Waals surface area contributed by atoms with Gasteiger partial charge in [0, 0.05) is 35.3 Å². The molecule has 204 valence electrons. The van der Waals surface area contributed by atoms with Crippen molar-refractivity contribution in [1.82, 2.24) is 9.88 Å². The number of methoxy groups -OCH3 is 3. The molecule has 0 radical (unpaired) electrons. The van der Waals surface area contributed by atoms with E-state index in [0.717, 1.165) is 27.8 Å². The molecule has 0 aliphatic carbocycles. The number of ether oxygens (including phenoxy) is 3. The zero-order valence-corrected chi connectivity index (χ0v) is 22.5. The van der Waals surface area contributed by atoms with Crippen molar-refractivity contribution in [1.29, 1.82) is 0 Å². The lowest BCUT2D eigenvalue weighted by molar-refractivity contribution is -0.129. The van der Waals surface area contributed by atoms with E-state index < -0.39 is 23.5 Å². The summed E-state index contributed by atoms with van der Waals surface area (Å²) in [6.07, 6.45) is 5.42. The van der Waals surface area contributed by atoms with E-state index >= 15 is 0 Å². The van der Waals surface area contributed by atoms with Crippen molar-refractivity contribution in [3.05, 3.63) is 107 Å². The van der Waals surface area contributed by atoms with Crippen LogP contribution in [-0.4, -0.2) is 54.6 Å². The van der Waals surface area contributed by atoms with Crippen molar-refractivity contribution in [3.63, 3.8) is 0 Å². The van der Waals surface area contributed by atoms with Crippen molar-refractivity contribution >= 4 is 28.7 Å². The molecule has 0 saturated carbocycles. The van der Waals surface area contributed by atoms with Crippen LogP contribution in [0, 0.1) is 0 Å². The number of H-pyrrole nitrogens is 1. The molecule has 4 aromatic rings. The zero-order chi connectivity index (χ0) is 28.2. The third-order valence-corrected chi connectivity index (χ3v) is 7.13. The minimum Gasteiger partial charge on any atom is -0.503 e. The summed E-state index contributed by atoms with van der Waals surface area (Å²) in [7, 11) is 4.67. The first kappa shape index (κ1) is 26.6. The summed E-state index contributed by atoms with van der Waals surface area (Å²) in [4.78, 5) is 31.8. The number of ketones is 1. The molecule has 1 atom stereocenters. The minimum absolute atomic E-state index is 0.00115. The summed E-state index contributed by atoms with van der Waals surface area (Å²) in [6.45, 7) is 0.242. The number of nitrogens with one attached hydrogen (secondary N) is 1. The van der Waals surface area contributed by atoms with E-state index in [-0.39, 0.29) is 12.1 Å². The van der Waals surface area contributed by atoms with Crippen molar-refractivity contribution in [3.8, 4) is 17.2 Å². The predicted molar refractivity (Wildman–Crippen MR) is 153 cm³/mol. The predicted octanol–water partition coefficient (Wildman–Crippen LogP) is 5.41. The first-order valence-electron chi connectivity index (χ1n) is 12.8. The Morgan fingerprint density at radius 2 is 1.70 bits per heavy atom. The molecular formula is C32H30N2O6. The van der Waals surface area contributed by atoms with Gasteiger partial charge in [0.05, 0.1) is 32.9 Å². The number of carbonyl (C=O) groups is 2. The number of hydrogen-bond acceptors (Lipinski definition) is 6. The average molecular weight is 539 g/mol. The summed E-state index contributed by atoms with van der Waals surface area (Å²) in [5, 5.41) is 12.0. The van der Waals surface area contributed by atoms with Crippen molar-refractivity contribution in [2.75, 3.05) is 27.9 Å². The highest BCUT2D eigenvalue weighted by atomic mass is 16.5. The van der Waals surface area contributed by atoms with Gasteiger partial charge in [-0.05, 0) is 54.0 Å². The van der Waals surface area contributed by atoms with Gasteiger partial charge in [-0.2, -0.15) is 0 Å². The highest BCUT2D eigenvalue weighted by Gasteiger charge is 2.44. The van der Waals surface area contributed by atoms with Crippen molar-refractivity contribution < 1.29 is 28.9 Å². The summed E-state index contributed by atoms with van der Waals surface area (Å²) in [5.41, 5.74) is 3.31. The molecule has 8 nitrogen and oxygen atoms in total. The van der Waals surface area contributed by atoms with E-state index in [0.29, 0.717) is 23.5 Å². The van der Waals surface area contributed by atoms with Crippen LogP contribution in [0.1, 0.15) is 22.7 Å². The third-order valence-electron chi connectivity index (χ3n) is 7.13. The van der Waals surface area contributed by atoms with Gasteiger partial charge in [-0.3, -0.25) is 9.59 Å². The number of aromatic amines is 1. The fourth-order valence-electron chi connectivity index (χ4n) is 5.06. The van der Waals surface area contributed by atoms with Gasteiger partial charge < -0.3 is 29.2 Å². The molecule has 8 heteroatoms. The number of hydrogen-bond donors (Lipinski definition) is 2. The number of nitrogens with zero attached hydrogens (tertiary/aromatic N) is 1. The number of aromatic nitrogens is 1. The van der Waals surface area contributed by atoms with Gasteiger partial charge in [-0.25, -0.2) is 0 Å². The molecule has 0 spiro atoms. The number of aliphatic hydroxyl groups is 1. The molecule has 1 unspecified atom stereocenters. The first-order valence-corrected chi connectivity index (χ1v) is 12.8. The molecular weight excluding hydrogens is 508 g/mol. The molecule has 1 aliphatic heterocycles. The Hall–Kier alpha value is -4.98. The average Bonchev–Trinajstić information content (AvgIpc) is 3.51. The normalized spacial score (nSPS) is 15.3. The molecule has 1 aliphatic rings. The Morgan fingerprint density at radius 1 is 0.975 bits per heavy atom. The van der Waals surface area contributed by atoms with E-state index in [1.54, 1.807) is 38.5 Å². The lowest BCUT2D eigenvalue weighted by Gasteiger charge is -2.28. The zero-order valence-electron chi connectivity index (χ0n) is 22.5. The van der Waals surface area contributed by atoms with Crippen molar-refractivity contribution in [2.24, 2.45) is 0 Å². The van der Waals surface area contributed by atoms with Crippen LogP contribution in [0.3, 0.4) is 0 Å². The van der Waals surface area contributed by atoms with Crippen LogP contribution < -0.4 is 14.2 Å². The highest BCUT2D eigenvalue weighted by Crippen LogP contribution is 2.43. The summed E-state index contributed by atoms with van der Waals surface area (Å²) >= 11 is 0. The molecule has 1 aromatic heterocycles. The van der Waals surface area contributed by atoms with Crippen LogP contribution in [0.25, 0.3) is 17.0 Å². The van der Waals surface area contributed by atoms with Crippen LogP contribution in [0.5, 0.6) is 17.2 Å². The van der Waals surface area contributed by atoms with Crippen molar-refractivity contribution in [2.45, 2.75) is 12.5 Å². The van der Waals surface area contributed by atoms with Gasteiger partial charge in [0.2, 0.25) is 0 Å². The number of benzene rings is 3. The lowest BCUT2D eigenvalue weighted by atomic mass is 9.94. The maximum atomic E-state index is 13.5. The SMILES string of the molecule is COc1ccc(C2C(C(=O)/C=C/c3ccccc3)=C(O)C(=O)N2CCc2c[nH]c3ccc(OC)cc23)c(OC)c1. The van der Waals surface area contributed by atoms with Gasteiger partial charge in [0.25, 0.3) is 5.91 Å². The number of aliphatic hydroxyl groups excluding tert-OH is 1. The molecule has 2 N–H and O–H groups in total. The van der Waals surface area contributed by atoms with Gasteiger partial charge in [-0.1, -0.05) is 36.4 Å². The van der Waals surface area contributed by atoms with Gasteiger partial charge >= 0.3 is 0 Å². The Kier molecular flexibility index (Phi) is 7.59. The maximum absolute atomic E-state index is 13.5. The number of carbonyl (C=O) groups excluding carboxylic acids is 2. The summed E-state index contributed by atoms with van der Waals surface area (Å²) < 4.78 is 16.4. The standard InChI is InChI=1S/C32H30N2O6/c1-38-22-11-13-26-25(17-22)21(19-33-26)15-16-34-30(24-12-10-23(39-2)18-28(24)40-3)29(31(36)32(34)37)27(35)14-9-20-7-5-4-6-8-20/h4-14,17-19,30,33,36H,15-16H2,1-3H3/b14-9+. The second-order valence-corrected chi connectivity index (χ2v) is 9.35. The highest BCUT2D eigenvalue weighted by molar-refractivity contribution is 6.14. The first-order chi connectivity index (χ1) is 19.4. The van der Waals surface area contributed by atoms with Gasteiger partial charge in [0.15, 0.2) is 11.5 Å². The second kappa shape index (κ2) is 11.4. The number of fused-ring (bicyclic) bond motifs is 1. The fourth-order valence-corrected chi connectivity index (χ4v) is 5.06. The maximum Gasteiger partial charge on any atom is 0.290 e. The lowest BCUT2D eigenvalue weighted by Crippen LogP contribution is -2.33. The molecule has 5 rings (SSSR count). The molecule has 40 heavy (non-hydrogen) atoms. The Balaban J connectivity index is 1.52. The fraction of sp³-hybridized carbons (Fsp3) is 0.188. The molecule has 2 heterocycles. The van der Waals surface area contributed by atoms with Gasteiger partial charge in [0.1, 0.15) is 17.2 Å². The van der Waals surface area contributed by atoms with E-state index in [4.69, 9.17) is 14.2 Å². The van der Waals surface area contributed by atoms with E-state index in [9.17, 15) is 14.7 Å². The van der Waals surface area contributed by atoms with Crippen LogP contribution in [-0.2, 0) is 16.0 Å². The summed E-state index contributed by atoms with van der Waals surface area (Å²) in [5.74, 6) is 0.0870. The number of amides is 1. The monoisotopic (exact) mass is 538 g/mol. The van der Waals surface area contributed by atoms with Crippen LogP contribution in [0.2, 0.25) is 0 Å². The second-order valence-electron chi connectivity index (χ2n) is 9.35. The third kappa shape index (κ3) is 5.03. The number of allylic oxidation sites excluding steroid dienone is 1. The Labute approximate surface area is 232 Å². The quantitative estimate of drug-likeness (QED) is 0.262. The summed E-state index contributed by atoms with van der Waals surface area (Å²) in [6, 6.07) is 19.4. The molecule has 0 saturated heterocycles. The smallest absolute Gasteiger partial charge is 0.290 e. The van der Waals surface area contributed by atoms with Gasteiger partial charge in [-0.15, -0.1) is 0 Å². The Morgan fingerprint density at radius 3 is 2.42 bits per heavy atom. The van der Waals surface area contributed by atoms with Crippen LogP contribution >= 0.6 is 0 Å². The Bertz CT molecular complexity index is 1620. The van der Waals surface area contributed by atoms with E-state index in [2.05, 4.69) is 4.98 Å². The largest absolute Gasteiger partial charge is 0.503 e. The molecule has 0 fully saturated rings. The molecule has 1 amide bonds. The molecule has 3 aromatic carbocycles. The number of rotatable bonds is 10. The topological polar surface area (TPSA) is 101 Å². The van der Waals surface area contributed by atoms with E-state index in [1.807, 2.05) is 54.7 Å². The van der Waals surface area contributed by atoms with E-state index in [1.165, 1.54) is 18.1 Å². The minimum atomic E-state index is -0.860. The van der Waals surface area contributed by atoms with Crippen LogP contribution in [0.15, 0.2) is 90.3 Å².